The molecule has 3 aromatic heterocycles. The molecule has 0 spiro atoms. The lowest BCUT2D eigenvalue weighted by Crippen LogP contribution is -1.97. The molecule has 0 saturated carbocycles. The molecule has 0 saturated heterocycles. The molecule has 0 radical (unpaired) electrons. The van der Waals surface area contributed by atoms with E-state index in [2.05, 4.69) is 76.2 Å². The standard InChI is InChI=1S/C30H24S3/c1-15-5-7-19(8-6-15)24-9-10-25(32-24)26-14-21-13-23-17(3)27-22(18(4)28(23)30(21)33-26)12-20-11-16(2)31-29(20)27/h5-11,14H,12-13H2,1-4H3. The van der Waals surface area contributed by atoms with Crippen molar-refractivity contribution < 1.29 is 0 Å². The van der Waals surface area contributed by atoms with Crippen LogP contribution in [0.3, 0.4) is 0 Å². The summed E-state index contributed by atoms with van der Waals surface area (Å²) < 4.78 is 0. The van der Waals surface area contributed by atoms with Gasteiger partial charge in [-0.1, -0.05) is 29.8 Å². The van der Waals surface area contributed by atoms with Gasteiger partial charge in [0.15, 0.2) is 0 Å². The van der Waals surface area contributed by atoms with Crippen LogP contribution in [0.5, 0.6) is 0 Å². The second-order valence-corrected chi connectivity index (χ2v) is 12.9. The number of aryl methyl sites for hydroxylation is 2. The molecule has 0 bridgehead atoms. The van der Waals surface area contributed by atoms with Gasteiger partial charge < -0.3 is 0 Å². The summed E-state index contributed by atoms with van der Waals surface area (Å²) in [5, 5.41) is 0. The van der Waals surface area contributed by atoms with E-state index < -0.39 is 0 Å². The van der Waals surface area contributed by atoms with Crippen LogP contribution in [-0.4, -0.2) is 0 Å². The van der Waals surface area contributed by atoms with Crippen LogP contribution in [0.2, 0.25) is 0 Å². The van der Waals surface area contributed by atoms with Crippen molar-refractivity contribution >= 4 is 34.0 Å². The van der Waals surface area contributed by atoms with Crippen LogP contribution in [0, 0.1) is 27.7 Å². The summed E-state index contributed by atoms with van der Waals surface area (Å²) in [6.45, 7) is 9.13. The molecular weight excluding hydrogens is 457 g/mol. The molecule has 3 heterocycles. The normalized spacial score (nSPS) is 13.2. The fourth-order valence-electron chi connectivity index (χ4n) is 5.71. The Balaban J connectivity index is 1.31. The van der Waals surface area contributed by atoms with Gasteiger partial charge in [-0.05, 0) is 115 Å². The van der Waals surface area contributed by atoms with Crippen LogP contribution in [0.15, 0.2) is 48.5 Å². The van der Waals surface area contributed by atoms with Gasteiger partial charge in [-0.2, -0.15) is 0 Å². The Bertz CT molecular complexity index is 1580. The van der Waals surface area contributed by atoms with Crippen LogP contribution in [0.25, 0.3) is 41.1 Å². The van der Waals surface area contributed by atoms with E-state index in [0.29, 0.717) is 0 Å². The van der Waals surface area contributed by atoms with Crippen molar-refractivity contribution in [1.82, 2.24) is 0 Å². The van der Waals surface area contributed by atoms with Crippen molar-refractivity contribution in [1.29, 1.82) is 0 Å². The summed E-state index contributed by atoms with van der Waals surface area (Å²) in [5.41, 5.74) is 15.0. The first kappa shape index (κ1) is 20.0. The molecule has 33 heavy (non-hydrogen) atoms. The maximum atomic E-state index is 2.47. The first-order valence-electron chi connectivity index (χ1n) is 11.5. The highest BCUT2D eigenvalue weighted by molar-refractivity contribution is 7.25. The van der Waals surface area contributed by atoms with E-state index in [1.807, 2.05) is 34.0 Å². The molecule has 2 aliphatic rings. The Kier molecular flexibility index (Phi) is 4.25. The van der Waals surface area contributed by atoms with Crippen LogP contribution in [0.1, 0.15) is 43.8 Å². The fourth-order valence-corrected chi connectivity index (χ4v) is 9.28. The van der Waals surface area contributed by atoms with Gasteiger partial charge in [0.05, 0.1) is 0 Å². The zero-order valence-corrected chi connectivity index (χ0v) is 21.7. The van der Waals surface area contributed by atoms with Crippen molar-refractivity contribution in [3.63, 3.8) is 0 Å². The van der Waals surface area contributed by atoms with Gasteiger partial charge in [0.25, 0.3) is 0 Å². The highest BCUT2D eigenvalue weighted by Crippen LogP contribution is 2.54. The molecule has 3 heteroatoms. The van der Waals surface area contributed by atoms with Crippen molar-refractivity contribution in [2.45, 2.75) is 40.5 Å². The van der Waals surface area contributed by atoms with Crippen molar-refractivity contribution in [3.05, 3.63) is 92.4 Å². The zero-order valence-electron chi connectivity index (χ0n) is 19.3. The van der Waals surface area contributed by atoms with Crippen LogP contribution in [0.4, 0.5) is 0 Å². The number of rotatable bonds is 2. The molecular formula is C30H24S3. The molecule has 0 N–H and O–H groups in total. The summed E-state index contributed by atoms with van der Waals surface area (Å²) in [6, 6.07) is 18.3. The van der Waals surface area contributed by atoms with Crippen molar-refractivity contribution in [3.8, 4) is 41.1 Å². The summed E-state index contributed by atoms with van der Waals surface area (Å²) in [6.07, 6.45) is 2.18. The molecule has 0 nitrogen and oxygen atoms in total. The predicted octanol–water partition coefficient (Wildman–Crippen LogP) is 9.58. The molecule has 0 fully saturated rings. The molecule has 2 aromatic carbocycles. The van der Waals surface area contributed by atoms with E-state index in [9.17, 15) is 0 Å². The maximum Gasteiger partial charge on any atom is 0.0452 e. The highest BCUT2D eigenvalue weighted by atomic mass is 32.1. The number of hydrogen-bond donors (Lipinski definition) is 0. The van der Waals surface area contributed by atoms with E-state index in [1.165, 1.54) is 62.6 Å². The Labute approximate surface area is 207 Å². The lowest BCUT2D eigenvalue weighted by molar-refractivity contribution is 1.17. The van der Waals surface area contributed by atoms with E-state index in [4.69, 9.17) is 0 Å². The number of hydrogen-bond acceptors (Lipinski definition) is 3. The van der Waals surface area contributed by atoms with E-state index in [-0.39, 0.29) is 0 Å². The summed E-state index contributed by atoms with van der Waals surface area (Å²) in [4.78, 5) is 8.64. The fraction of sp³-hybridized carbons (Fsp3) is 0.200. The summed E-state index contributed by atoms with van der Waals surface area (Å²) >= 11 is 5.89. The molecule has 0 atom stereocenters. The average Bonchev–Trinajstić information content (AvgIpc) is 3.57. The minimum absolute atomic E-state index is 1.08. The first-order valence-corrected chi connectivity index (χ1v) is 14.0. The van der Waals surface area contributed by atoms with Crippen molar-refractivity contribution in [2.75, 3.05) is 0 Å². The predicted molar refractivity (Wildman–Crippen MR) is 146 cm³/mol. The van der Waals surface area contributed by atoms with Gasteiger partial charge in [-0.15, -0.1) is 34.0 Å². The lowest BCUT2D eigenvalue weighted by atomic mass is 9.90. The Morgan fingerprint density at radius 3 is 1.88 bits per heavy atom. The van der Waals surface area contributed by atoms with Crippen LogP contribution in [-0.2, 0) is 12.8 Å². The number of thiophene rings is 3. The van der Waals surface area contributed by atoms with Crippen LogP contribution >= 0.6 is 34.0 Å². The Morgan fingerprint density at radius 1 is 0.576 bits per heavy atom. The Hall–Kier alpha value is -2.46. The maximum absolute atomic E-state index is 2.47. The first-order chi connectivity index (χ1) is 16.0. The smallest absolute Gasteiger partial charge is 0.0452 e. The van der Waals surface area contributed by atoms with Gasteiger partial charge in [-0.3, -0.25) is 0 Å². The molecule has 5 aromatic rings. The van der Waals surface area contributed by atoms with Crippen LogP contribution < -0.4 is 0 Å². The molecule has 162 valence electrons. The van der Waals surface area contributed by atoms with E-state index in [0.717, 1.165) is 12.8 Å². The van der Waals surface area contributed by atoms with Gasteiger partial charge >= 0.3 is 0 Å². The minimum Gasteiger partial charge on any atom is -0.140 e. The quantitative estimate of drug-likeness (QED) is 0.231. The second-order valence-electron chi connectivity index (χ2n) is 9.52. The topological polar surface area (TPSA) is 0 Å². The molecule has 7 rings (SSSR count). The molecule has 2 aliphatic carbocycles. The largest absolute Gasteiger partial charge is 0.140 e. The summed E-state index contributed by atoms with van der Waals surface area (Å²) in [7, 11) is 0. The van der Waals surface area contributed by atoms with Gasteiger partial charge in [-0.25, -0.2) is 0 Å². The minimum atomic E-state index is 1.08. The molecule has 0 unspecified atom stereocenters. The van der Waals surface area contributed by atoms with Crippen molar-refractivity contribution in [2.24, 2.45) is 0 Å². The SMILES string of the molecule is Cc1ccc(-c2ccc(-c3cc4c(s3)-c3c(C)c5c(c(C)c3C4)-c3sc(C)cc3C5)s2)cc1. The van der Waals surface area contributed by atoms with E-state index >= 15 is 0 Å². The molecule has 0 amide bonds. The third kappa shape index (κ3) is 2.86. The van der Waals surface area contributed by atoms with Gasteiger partial charge in [0.2, 0.25) is 0 Å². The Morgan fingerprint density at radius 2 is 1.18 bits per heavy atom. The molecule has 0 aliphatic heterocycles. The second kappa shape index (κ2) is 7.02. The third-order valence-electron chi connectivity index (χ3n) is 7.37. The van der Waals surface area contributed by atoms with Gasteiger partial charge in [0.1, 0.15) is 0 Å². The average molecular weight is 481 g/mol. The van der Waals surface area contributed by atoms with Gasteiger partial charge in [0, 0.05) is 29.3 Å². The lowest BCUT2D eigenvalue weighted by Gasteiger charge is -2.16. The monoisotopic (exact) mass is 480 g/mol. The highest BCUT2D eigenvalue weighted by Gasteiger charge is 2.33. The van der Waals surface area contributed by atoms with E-state index in [1.54, 1.807) is 22.3 Å². The third-order valence-corrected chi connectivity index (χ3v) is 11.0. The number of fused-ring (bicyclic) bond motifs is 6. The number of benzene rings is 2. The zero-order chi connectivity index (χ0) is 22.4. The summed E-state index contributed by atoms with van der Waals surface area (Å²) in [5.74, 6) is 0.